The molecule has 0 amide bonds. The molecule has 0 saturated heterocycles. The zero-order chi connectivity index (χ0) is 13.0. The summed E-state index contributed by atoms with van der Waals surface area (Å²) in [4.78, 5) is 8.63. The molecule has 1 aromatic rings. The molecule has 1 heterocycles. The van der Waals surface area contributed by atoms with Crippen molar-refractivity contribution in [3.05, 3.63) is 10.6 Å². The highest BCUT2D eigenvalue weighted by molar-refractivity contribution is 7.15. The summed E-state index contributed by atoms with van der Waals surface area (Å²) in [6.45, 7) is 7.62. The highest BCUT2D eigenvalue weighted by Crippen LogP contribution is 2.44. The predicted octanol–water partition coefficient (Wildman–Crippen LogP) is 3.37. The van der Waals surface area contributed by atoms with Crippen LogP contribution in [-0.2, 0) is 6.54 Å². The van der Waals surface area contributed by atoms with Crippen LogP contribution in [0.1, 0.15) is 56.0 Å². The first-order chi connectivity index (χ1) is 8.76. The first-order valence-electron chi connectivity index (χ1n) is 7.17. The molecule has 2 rings (SSSR count). The van der Waals surface area contributed by atoms with Gasteiger partial charge < -0.3 is 10.2 Å². The van der Waals surface area contributed by atoms with Gasteiger partial charge in [-0.2, -0.15) is 0 Å². The molecular formula is C14H25N3S. The minimum absolute atomic E-state index is 0.753. The maximum atomic E-state index is 4.87. The molecule has 102 valence electrons. The third-order valence-corrected chi connectivity index (χ3v) is 4.46. The molecule has 1 saturated carbocycles. The van der Waals surface area contributed by atoms with Gasteiger partial charge >= 0.3 is 0 Å². The standard InChI is InChI=1S/C14H25N3S/c1-4-8-15-10-12-13(11-6-7-11)16-14(18-12)17(3)9-5-2/h11,15H,4-10H2,1-3H3. The third-order valence-electron chi connectivity index (χ3n) is 3.28. The van der Waals surface area contributed by atoms with E-state index in [1.54, 1.807) is 0 Å². The van der Waals surface area contributed by atoms with Crippen molar-refractivity contribution in [3.8, 4) is 0 Å². The molecule has 0 spiro atoms. The SMILES string of the molecule is CCCNCc1sc(N(C)CCC)nc1C1CC1. The van der Waals surface area contributed by atoms with Gasteiger partial charge in [0.25, 0.3) is 0 Å². The summed E-state index contributed by atoms with van der Waals surface area (Å²) in [5.74, 6) is 0.753. The van der Waals surface area contributed by atoms with E-state index in [9.17, 15) is 0 Å². The Hall–Kier alpha value is -0.610. The van der Waals surface area contributed by atoms with Crippen molar-refractivity contribution in [3.63, 3.8) is 0 Å². The van der Waals surface area contributed by atoms with Gasteiger partial charge in [-0.25, -0.2) is 4.98 Å². The number of aromatic nitrogens is 1. The zero-order valence-electron chi connectivity index (χ0n) is 11.8. The first kappa shape index (κ1) is 13.8. The summed E-state index contributed by atoms with van der Waals surface area (Å²) in [6, 6.07) is 0. The number of rotatable bonds is 8. The molecule has 18 heavy (non-hydrogen) atoms. The van der Waals surface area contributed by atoms with Crippen LogP contribution in [0.2, 0.25) is 0 Å². The van der Waals surface area contributed by atoms with Gasteiger partial charge in [-0.1, -0.05) is 13.8 Å². The fraction of sp³-hybridized carbons (Fsp3) is 0.786. The molecule has 1 aliphatic carbocycles. The number of thiazole rings is 1. The predicted molar refractivity (Wildman–Crippen MR) is 79.6 cm³/mol. The van der Waals surface area contributed by atoms with Crippen LogP contribution >= 0.6 is 11.3 Å². The van der Waals surface area contributed by atoms with Crippen molar-refractivity contribution in [1.29, 1.82) is 0 Å². The van der Waals surface area contributed by atoms with Crippen molar-refractivity contribution in [2.75, 3.05) is 25.0 Å². The van der Waals surface area contributed by atoms with Gasteiger partial charge in [0.15, 0.2) is 5.13 Å². The summed E-state index contributed by atoms with van der Waals surface area (Å²) in [5, 5.41) is 4.71. The second kappa shape index (κ2) is 6.53. The molecule has 0 aromatic carbocycles. The average Bonchev–Trinajstić information content (AvgIpc) is 3.11. The molecule has 1 fully saturated rings. The van der Waals surface area contributed by atoms with Crippen molar-refractivity contribution in [2.24, 2.45) is 0 Å². The molecule has 0 radical (unpaired) electrons. The minimum Gasteiger partial charge on any atom is -0.351 e. The molecule has 3 nitrogen and oxygen atoms in total. The monoisotopic (exact) mass is 267 g/mol. The minimum atomic E-state index is 0.753. The van der Waals surface area contributed by atoms with E-state index < -0.39 is 0 Å². The van der Waals surface area contributed by atoms with Crippen molar-refractivity contribution in [1.82, 2.24) is 10.3 Å². The Labute approximate surface area is 115 Å². The Kier molecular flexibility index (Phi) is 5.01. The van der Waals surface area contributed by atoms with E-state index >= 15 is 0 Å². The maximum absolute atomic E-state index is 4.87. The number of nitrogens with zero attached hydrogens (tertiary/aromatic N) is 2. The van der Waals surface area contributed by atoms with Gasteiger partial charge in [0, 0.05) is 30.9 Å². The molecule has 0 atom stereocenters. The second-order valence-corrected chi connectivity index (χ2v) is 6.24. The van der Waals surface area contributed by atoms with Crippen LogP contribution < -0.4 is 10.2 Å². The highest BCUT2D eigenvalue weighted by Gasteiger charge is 2.29. The Morgan fingerprint density at radius 3 is 2.72 bits per heavy atom. The Bertz CT molecular complexity index is 371. The molecule has 1 aromatic heterocycles. The van der Waals surface area contributed by atoms with E-state index in [0.29, 0.717) is 0 Å². The summed E-state index contributed by atoms with van der Waals surface area (Å²) < 4.78 is 0. The lowest BCUT2D eigenvalue weighted by Crippen LogP contribution is -2.17. The van der Waals surface area contributed by atoms with Crippen molar-refractivity contribution in [2.45, 2.75) is 52.0 Å². The van der Waals surface area contributed by atoms with Crippen LogP contribution in [-0.4, -0.2) is 25.1 Å². The molecule has 0 bridgehead atoms. The van der Waals surface area contributed by atoms with Crippen molar-refractivity contribution >= 4 is 16.5 Å². The second-order valence-electron chi connectivity index (χ2n) is 5.18. The molecule has 4 heteroatoms. The quantitative estimate of drug-likeness (QED) is 0.732. The molecular weight excluding hydrogens is 242 g/mol. The summed E-state index contributed by atoms with van der Waals surface area (Å²) in [7, 11) is 2.16. The van der Waals surface area contributed by atoms with Gasteiger partial charge in [0.1, 0.15) is 0 Å². The van der Waals surface area contributed by atoms with Crippen LogP contribution in [0.25, 0.3) is 0 Å². The lowest BCUT2D eigenvalue weighted by atomic mass is 10.2. The average molecular weight is 267 g/mol. The Morgan fingerprint density at radius 1 is 1.33 bits per heavy atom. The number of hydrogen-bond donors (Lipinski definition) is 1. The van der Waals surface area contributed by atoms with E-state index in [0.717, 1.165) is 25.6 Å². The van der Waals surface area contributed by atoms with Crippen LogP contribution in [0.5, 0.6) is 0 Å². The number of hydrogen-bond acceptors (Lipinski definition) is 4. The van der Waals surface area contributed by atoms with Crippen LogP contribution in [0.15, 0.2) is 0 Å². The third kappa shape index (κ3) is 3.45. The first-order valence-corrected chi connectivity index (χ1v) is 7.99. The highest BCUT2D eigenvalue weighted by atomic mass is 32.1. The van der Waals surface area contributed by atoms with E-state index in [-0.39, 0.29) is 0 Å². The van der Waals surface area contributed by atoms with Crippen LogP contribution in [0.3, 0.4) is 0 Å². The number of nitrogens with one attached hydrogen (secondary N) is 1. The molecule has 1 N–H and O–H groups in total. The fourth-order valence-electron chi connectivity index (χ4n) is 2.13. The molecule has 0 aliphatic heterocycles. The smallest absolute Gasteiger partial charge is 0.185 e. The maximum Gasteiger partial charge on any atom is 0.185 e. The zero-order valence-corrected chi connectivity index (χ0v) is 12.6. The van der Waals surface area contributed by atoms with Gasteiger partial charge in [0.05, 0.1) is 5.69 Å². The van der Waals surface area contributed by atoms with Gasteiger partial charge in [-0.15, -0.1) is 11.3 Å². The summed E-state index contributed by atoms with van der Waals surface area (Å²) in [5.41, 5.74) is 1.38. The summed E-state index contributed by atoms with van der Waals surface area (Å²) in [6.07, 6.45) is 5.04. The topological polar surface area (TPSA) is 28.2 Å². The lowest BCUT2D eigenvalue weighted by molar-refractivity contribution is 0.676. The fourth-order valence-corrected chi connectivity index (χ4v) is 3.23. The molecule has 0 unspecified atom stereocenters. The van der Waals surface area contributed by atoms with E-state index in [1.807, 2.05) is 11.3 Å². The largest absolute Gasteiger partial charge is 0.351 e. The lowest BCUT2D eigenvalue weighted by Gasteiger charge is -2.13. The van der Waals surface area contributed by atoms with Gasteiger partial charge in [-0.05, 0) is 32.2 Å². The molecule has 1 aliphatic rings. The van der Waals surface area contributed by atoms with E-state index in [1.165, 1.54) is 41.4 Å². The van der Waals surface area contributed by atoms with Gasteiger partial charge in [-0.3, -0.25) is 0 Å². The van der Waals surface area contributed by atoms with E-state index in [4.69, 9.17) is 4.98 Å². The van der Waals surface area contributed by atoms with Crippen LogP contribution in [0, 0.1) is 0 Å². The van der Waals surface area contributed by atoms with Crippen molar-refractivity contribution < 1.29 is 0 Å². The summed E-state index contributed by atoms with van der Waals surface area (Å²) >= 11 is 1.88. The Balaban J connectivity index is 2.05. The van der Waals surface area contributed by atoms with E-state index in [2.05, 4.69) is 31.1 Å². The Morgan fingerprint density at radius 2 is 2.11 bits per heavy atom. The number of anilines is 1. The van der Waals surface area contributed by atoms with Crippen LogP contribution in [0.4, 0.5) is 5.13 Å². The van der Waals surface area contributed by atoms with Gasteiger partial charge in [0.2, 0.25) is 0 Å². The normalized spacial score (nSPS) is 15.1.